The van der Waals surface area contributed by atoms with Gasteiger partial charge in [0.2, 0.25) is 10.0 Å². The Morgan fingerprint density at radius 2 is 2.05 bits per heavy atom. The molecule has 0 aliphatic heterocycles. The second-order valence-electron chi connectivity index (χ2n) is 3.93. The van der Waals surface area contributed by atoms with E-state index >= 15 is 0 Å². The van der Waals surface area contributed by atoms with Crippen LogP contribution in [0.2, 0.25) is 0 Å². The van der Waals surface area contributed by atoms with Crippen molar-refractivity contribution in [1.82, 2.24) is 4.72 Å². The Balaban J connectivity index is 2.88. The number of nitrogens with one attached hydrogen (secondary N) is 1. The lowest BCUT2D eigenvalue weighted by molar-refractivity contribution is 0.196. The van der Waals surface area contributed by atoms with Crippen LogP contribution < -0.4 is 15.2 Å². The van der Waals surface area contributed by atoms with E-state index in [1.807, 2.05) is 0 Å². The van der Waals surface area contributed by atoms with Crippen LogP contribution in [0, 0.1) is 0 Å². The number of nitrogens with two attached hydrogens (primary N) is 1. The van der Waals surface area contributed by atoms with Gasteiger partial charge in [0.05, 0.1) is 7.11 Å². The number of rotatable bonds is 8. The summed E-state index contributed by atoms with van der Waals surface area (Å²) in [6.45, 7) is 1.15. The minimum atomic E-state index is -3.58. The summed E-state index contributed by atoms with van der Waals surface area (Å²) in [7, 11) is -0.577. The second kappa shape index (κ2) is 7.44. The van der Waals surface area contributed by atoms with Gasteiger partial charge in [-0.15, -0.1) is 0 Å². The van der Waals surface area contributed by atoms with Gasteiger partial charge >= 0.3 is 0 Å². The molecule has 1 rings (SSSR count). The van der Waals surface area contributed by atoms with Crippen LogP contribution >= 0.6 is 0 Å². The molecule has 0 radical (unpaired) electrons. The molecular weight excluding hydrogens is 268 g/mol. The molecule has 0 unspecified atom stereocenters. The molecule has 0 amide bonds. The number of methoxy groups -OCH3 is 2. The largest absolute Gasteiger partial charge is 0.495 e. The van der Waals surface area contributed by atoms with Crippen molar-refractivity contribution in [3.63, 3.8) is 0 Å². The Labute approximate surface area is 113 Å². The van der Waals surface area contributed by atoms with Crippen LogP contribution in [-0.2, 0) is 21.3 Å². The monoisotopic (exact) mass is 288 g/mol. The van der Waals surface area contributed by atoms with Crippen molar-refractivity contribution in [3.8, 4) is 5.75 Å². The van der Waals surface area contributed by atoms with Crippen LogP contribution in [-0.4, -0.2) is 35.8 Å². The van der Waals surface area contributed by atoms with Gasteiger partial charge in [-0.2, -0.15) is 0 Å². The Bertz CT molecular complexity index is 502. The molecule has 0 fully saturated rings. The lowest BCUT2D eigenvalue weighted by Crippen LogP contribution is -2.26. The Hall–Kier alpha value is -1.15. The minimum Gasteiger partial charge on any atom is -0.495 e. The SMILES string of the molecule is COCCCNS(=O)(=O)c1ccc(CN)cc1OC. The summed E-state index contributed by atoms with van der Waals surface area (Å²) in [6.07, 6.45) is 0.610. The van der Waals surface area contributed by atoms with E-state index in [9.17, 15) is 8.42 Å². The standard InChI is InChI=1S/C12H20N2O4S/c1-17-7-3-6-14-19(15,16)12-5-4-10(9-13)8-11(12)18-2/h4-5,8,14H,3,6-7,9,13H2,1-2H3. The van der Waals surface area contributed by atoms with Crippen molar-refractivity contribution in [2.75, 3.05) is 27.4 Å². The first-order valence-electron chi connectivity index (χ1n) is 5.90. The van der Waals surface area contributed by atoms with E-state index in [1.54, 1.807) is 19.2 Å². The number of ether oxygens (including phenoxy) is 2. The van der Waals surface area contributed by atoms with Gasteiger partial charge in [0.1, 0.15) is 10.6 Å². The van der Waals surface area contributed by atoms with Gasteiger partial charge in [-0.05, 0) is 24.1 Å². The third kappa shape index (κ3) is 4.46. The van der Waals surface area contributed by atoms with E-state index in [-0.39, 0.29) is 4.90 Å². The summed E-state index contributed by atoms with van der Waals surface area (Å²) in [5.74, 6) is 0.294. The number of benzene rings is 1. The quantitative estimate of drug-likeness (QED) is 0.679. The topological polar surface area (TPSA) is 90.7 Å². The van der Waals surface area contributed by atoms with Gasteiger partial charge in [0.25, 0.3) is 0 Å². The number of sulfonamides is 1. The van der Waals surface area contributed by atoms with Gasteiger partial charge in [-0.3, -0.25) is 0 Å². The highest BCUT2D eigenvalue weighted by Crippen LogP contribution is 2.24. The molecule has 6 nitrogen and oxygen atoms in total. The molecule has 0 aliphatic rings. The average Bonchev–Trinajstić information content (AvgIpc) is 2.42. The van der Waals surface area contributed by atoms with E-state index < -0.39 is 10.0 Å². The van der Waals surface area contributed by atoms with Crippen molar-refractivity contribution in [2.45, 2.75) is 17.9 Å². The maximum absolute atomic E-state index is 12.1. The first-order valence-corrected chi connectivity index (χ1v) is 7.39. The van der Waals surface area contributed by atoms with Crippen LogP contribution in [0.15, 0.2) is 23.1 Å². The van der Waals surface area contributed by atoms with Gasteiger partial charge < -0.3 is 15.2 Å². The van der Waals surface area contributed by atoms with Gasteiger partial charge in [0.15, 0.2) is 0 Å². The molecule has 19 heavy (non-hydrogen) atoms. The molecule has 0 atom stereocenters. The zero-order valence-corrected chi connectivity index (χ0v) is 12.0. The number of hydrogen-bond donors (Lipinski definition) is 2. The summed E-state index contributed by atoms with van der Waals surface area (Å²) in [5, 5.41) is 0. The fourth-order valence-electron chi connectivity index (χ4n) is 1.56. The fourth-order valence-corrected chi connectivity index (χ4v) is 2.78. The van der Waals surface area contributed by atoms with Gasteiger partial charge in [-0.25, -0.2) is 13.1 Å². The molecule has 108 valence electrons. The van der Waals surface area contributed by atoms with E-state index in [1.165, 1.54) is 13.2 Å². The highest BCUT2D eigenvalue weighted by molar-refractivity contribution is 7.89. The average molecular weight is 288 g/mol. The second-order valence-corrected chi connectivity index (χ2v) is 5.67. The smallest absolute Gasteiger partial charge is 0.244 e. The summed E-state index contributed by atoms with van der Waals surface area (Å²) in [5.41, 5.74) is 6.33. The van der Waals surface area contributed by atoms with Crippen LogP contribution in [0.1, 0.15) is 12.0 Å². The van der Waals surface area contributed by atoms with Crippen molar-refractivity contribution >= 4 is 10.0 Å². The molecule has 1 aromatic carbocycles. The van der Waals surface area contributed by atoms with Crippen molar-refractivity contribution in [3.05, 3.63) is 23.8 Å². The molecule has 0 aromatic heterocycles. The van der Waals surface area contributed by atoms with E-state index in [0.717, 1.165) is 5.56 Å². The van der Waals surface area contributed by atoms with Gasteiger partial charge in [0, 0.05) is 26.8 Å². The number of hydrogen-bond acceptors (Lipinski definition) is 5. The van der Waals surface area contributed by atoms with Crippen LogP contribution in [0.25, 0.3) is 0 Å². The van der Waals surface area contributed by atoms with Crippen LogP contribution in [0.3, 0.4) is 0 Å². The summed E-state index contributed by atoms with van der Waals surface area (Å²) < 4.78 is 36.7. The lowest BCUT2D eigenvalue weighted by atomic mass is 10.2. The maximum atomic E-state index is 12.1. The molecule has 0 aliphatic carbocycles. The third-order valence-electron chi connectivity index (χ3n) is 2.57. The van der Waals surface area contributed by atoms with Gasteiger partial charge in [-0.1, -0.05) is 6.07 Å². The molecule has 0 bridgehead atoms. The third-order valence-corrected chi connectivity index (χ3v) is 4.07. The first-order chi connectivity index (χ1) is 9.05. The zero-order chi connectivity index (χ0) is 14.3. The molecule has 0 saturated carbocycles. The van der Waals surface area contributed by atoms with Crippen molar-refractivity contribution < 1.29 is 17.9 Å². The normalized spacial score (nSPS) is 11.5. The first kappa shape index (κ1) is 15.9. The fraction of sp³-hybridized carbons (Fsp3) is 0.500. The Morgan fingerprint density at radius 3 is 2.63 bits per heavy atom. The highest BCUT2D eigenvalue weighted by atomic mass is 32.2. The summed E-state index contributed by atoms with van der Waals surface area (Å²) in [4.78, 5) is 0.115. The van der Waals surface area contributed by atoms with Crippen LogP contribution in [0.5, 0.6) is 5.75 Å². The Morgan fingerprint density at radius 1 is 1.32 bits per heavy atom. The predicted octanol–water partition coefficient (Wildman–Crippen LogP) is 0.469. The molecule has 3 N–H and O–H groups in total. The van der Waals surface area contributed by atoms with Crippen molar-refractivity contribution in [1.29, 1.82) is 0 Å². The molecule has 0 heterocycles. The van der Waals surface area contributed by atoms with E-state index in [4.69, 9.17) is 15.2 Å². The zero-order valence-electron chi connectivity index (χ0n) is 11.2. The maximum Gasteiger partial charge on any atom is 0.244 e. The minimum absolute atomic E-state index is 0.115. The van der Waals surface area contributed by atoms with E-state index in [2.05, 4.69) is 4.72 Å². The molecular formula is C12H20N2O4S. The summed E-state index contributed by atoms with van der Waals surface area (Å²) in [6, 6.07) is 4.80. The predicted molar refractivity (Wildman–Crippen MR) is 72.6 cm³/mol. The van der Waals surface area contributed by atoms with E-state index in [0.29, 0.717) is 31.9 Å². The molecule has 0 saturated heterocycles. The van der Waals surface area contributed by atoms with Crippen molar-refractivity contribution in [2.24, 2.45) is 5.73 Å². The van der Waals surface area contributed by atoms with Crippen LogP contribution in [0.4, 0.5) is 0 Å². The molecule has 7 heteroatoms. The highest BCUT2D eigenvalue weighted by Gasteiger charge is 2.18. The Kier molecular flexibility index (Phi) is 6.23. The molecule has 1 aromatic rings. The lowest BCUT2D eigenvalue weighted by Gasteiger charge is -2.11. The summed E-state index contributed by atoms with van der Waals surface area (Å²) >= 11 is 0. The molecule has 0 spiro atoms.